The summed E-state index contributed by atoms with van der Waals surface area (Å²) in [5.41, 5.74) is 0.279. The number of aliphatic imine (C=N–C) groups is 1. The molecule has 1 aliphatic carbocycles. The second kappa shape index (κ2) is 2.47. The fraction of sp³-hybridized carbons (Fsp3) is 0.889. The zero-order valence-corrected chi connectivity index (χ0v) is 9.15. The number of rotatable bonds is 2. The maximum absolute atomic E-state index is 5.61. The summed E-state index contributed by atoms with van der Waals surface area (Å²) in [4.78, 5) is 4.59. The number of hydrogen-bond donors (Lipinski definition) is 0. The van der Waals surface area contributed by atoms with Crippen LogP contribution in [0.25, 0.3) is 0 Å². The van der Waals surface area contributed by atoms with E-state index in [2.05, 4.69) is 34.8 Å². The Labute approximate surface area is 81.5 Å². The highest BCUT2D eigenvalue weighted by Crippen LogP contribution is 2.50. The summed E-state index contributed by atoms with van der Waals surface area (Å²) in [7, 11) is 0. The lowest BCUT2D eigenvalue weighted by Crippen LogP contribution is -2.17. The van der Waals surface area contributed by atoms with E-state index in [1.165, 1.54) is 12.8 Å². The van der Waals surface area contributed by atoms with Gasteiger partial charge in [0.25, 0.3) is 0 Å². The van der Waals surface area contributed by atoms with Crippen molar-refractivity contribution in [1.29, 1.82) is 0 Å². The first-order valence-corrected chi connectivity index (χ1v) is 5.49. The van der Waals surface area contributed by atoms with Crippen LogP contribution in [0.15, 0.2) is 4.99 Å². The molecule has 1 aliphatic heterocycles. The minimum Gasteiger partial charge on any atom is -0.478 e. The molecule has 1 saturated carbocycles. The lowest BCUT2D eigenvalue weighted by Gasteiger charge is -2.09. The van der Waals surface area contributed by atoms with Gasteiger partial charge in [-0.1, -0.05) is 15.9 Å². The van der Waals surface area contributed by atoms with Crippen LogP contribution in [-0.4, -0.2) is 23.4 Å². The smallest absolute Gasteiger partial charge is 0.191 e. The molecule has 0 unspecified atom stereocenters. The number of hydrogen-bond acceptors (Lipinski definition) is 2. The molecule has 2 aliphatic rings. The molecule has 2 nitrogen and oxygen atoms in total. The average Bonchev–Trinajstić information content (AvgIpc) is 2.72. The zero-order chi connectivity index (χ0) is 8.82. The van der Waals surface area contributed by atoms with Crippen LogP contribution in [0.3, 0.4) is 0 Å². The Morgan fingerprint density at radius 2 is 2.17 bits per heavy atom. The zero-order valence-electron chi connectivity index (χ0n) is 7.56. The fourth-order valence-corrected chi connectivity index (χ4v) is 2.21. The molecule has 1 fully saturated rings. The molecule has 2 rings (SSSR count). The van der Waals surface area contributed by atoms with Crippen LogP contribution >= 0.6 is 15.9 Å². The predicted octanol–water partition coefficient (Wildman–Crippen LogP) is 2.37. The van der Waals surface area contributed by atoms with Gasteiger partial charge in [0.15, 0.2) is 5.90 Å². The Morgan fingerprint density at radius 3 is 2.50 bits per heavy atom. The van der Waals surface area contributed by atoms with Gasteiger partial charge in [0, 0.05) is 5.33 Å². The monoisotopic (exact) mass is 231 g/mol. The highest BCUT2D eigenvalue weighted by Gasteiger charge is 2.51. The van der Waals surface area contributed by atoms with Gasteiger partial charge in [0.2, 0.25) is 0 Å². The van der Waals surface area contributed by atoms with Crippen LogP contribution in [0, 0.1) is 5.41 Å². The second-order valence-corrected chi connectivity index (χ2v) is 4.99. The summed E-state index contributed by atoms with van der Waals surface area (Å²) < 4.78 is 5.61. The predicted molar refractivity (Wildman–Crippen MR) is 52.9 cm³/mol. The molecule has 0 spiro atoms. The minimum atomic E-state index is 0.00704. The van der Waals surface area contributed by atoms with Crippen molar-refractivity contribution in [2.45, 2.75) is 32.2 Å². The van der Waals surface area contributed by atoms with E-state index in [4.69, 9.17) is 4.74 Å². The van der Waals surface area contributed by atoms with Crippen molar-refractivity contribution in [2.24, 2.45) is 10.4 Å². The first kappa shape index (κ1) is 8.54. The Kier molecular flexibility index (Phi) is 1.76. The minimum absolute atomic E-state index is 0.00704. The first-order chi connectivity index (χ1) is 5.58. The maximum Gasteiger partial charge on any atom is 0.191 e. The summed E-state index contributed by atoms with van der Waals surface area (Å²) >= 11 is 3.52. The number of ether oxygens (including phenoxy) is 1. The van der Waals surface area contributed by atoms with Crippen molar-refractivity contribution in [3.05, 3.63) is 0 Å². The SMILES string of the molecule is CC1(C)COC(C2(CBr)CC2)=N1. The Bertz CT molecular complexity index is 231. The Hall–Kier alpha value is -0.0500. The van der Waals surface area contributed by atoms with Crippen LogP contribution in [0.4, 0.5) is 0 Å². The highest BCUT2D eigenvalue weighted by molar-refractivity contribution is 9.09. The number of halogens is 1. The summed E-state index contributed by atoms with van der Waals surface area (Å²) in [6.45, 7) is 4.98. The summed E-state index contributed by atoms with van der Waals surface area (Å²) in [6, 6.07) is 0. The van der Waals surface area contributed by atoms with Gasteiger partial charge >= 0.3 is 0 Å². The third-order valence-electron chi connectivity index (χ3n) is 2.53. The van der Waals surface area contributed by atoms with E-state index in [0.717, 1.165) is 17.8 Å². The van der Waals surface area contributed by atoms with Crippen molar-refractivity contribution >= 4 is 21.8 Å². The van der Waals surface area contributed by atoms with Gasteiger partial charge in [-0.3, -0.25) is 0 Å². The quantitative estimate of drug-likeness (QED) is 0.670. The number of nitrogens with zero attached hydrogens (tertiary/aromatic N) is 1. The fourth-order valence-electron chi connectivity index (χ4n) is 1.41. The van der Waals surface area contributed by atoms with Gasteiger partial charge in [-0.2, -0.15) is 0 Å². The molecule has 12 heavy (non-hydrogen) atoms. The molecule has 0 aromatic heterocycles. The molecule has 0 aromatic rings. The second-order valence-electron chi connectivity index (χ2n) is 4.43. The normalized spacial score (nSPS) is 29.4. The molecule has 1 heterocycles. The highest BCUT2D eigenvalue weighted by atomic mass is 79.9. The van der Waals surface area contributed by atoms with Crippen LogP contribution < -0.4 is 0 Å². The summed E-state index contributed by atoms with van der Waals surface area (Å²) in [6.07, 6.45) is 2.46. The van der Waals surface area contributed by atoms with Crippen LogP contribution in [0.5, 0.6) is 0 Å². The van der Waals surface area contributed by atoms with Gasteiger partial charge in [0.05, 0.1) is 11.0 Å². The van der Waals surface area contributed by atoms with E-state index in [9.17, 15) is 0 Å². The van der Waals surface area contributed by atoms with E-state index in [-0.39, 0.29) is 11.0 Å². The summed E-state index contributed by atoms with van der Waals surface area (Å²) in [5, 5.41) is 0.995. The van der Waals surface area contributed by atoms with Crippen molar-refractivity contribution in [2.75, 3.05) is 11.9 Å². The molecule has 0 bridgehead atoms. The van der Waals surface area contributed by atoms with E-state index in [1.54, 1.807) is 0 Å². The molecule has 0 saturated heterocycles. The number of alkyl halides is 1. The molecule has 0 amide bonds. The van der Waals surface area contributed by atoms with Crippen LogP contribution in [0.1, 0.15) is 26.7 Å². The van der Waals surface area contributed by atoms with Gasteiger partial charge in [0.1, 0.15) is 6.61 Å². The van der Waals surface area contributed by atoms with Gasteiger partial charge in [-0.05, 0) is 26.7 Å². The standard InChI is InChI=1S/C9H14BrNO/c1-8(2)6-12-7(11-8)9(5-10)3-4-9/h3-6H2,1-2H3. The van der Waals surface area contributed by atoms with Crippen molar-refractivity contribution in [3.8, 4) is 0 Å². The van der Waals surface area contributed by atoms with Crippen LogP contribution in [-0.2, 0) is 4.74 Å². The van der Waals surface area contributed by atoms with Crippen molar-refractivity contribution < 1.29 is 4.74 Å². The maximum atomic E-state index is 5.61. The topological polar surface area (TPSA) is 21.6 Å². The molecule has 68 valence electrons. The van der Waals surface area contributed by atoms with E-state index >= 15 is 0 Å². The van der Waals surface area contributed by atoms with Gasteiger partial charge in [-0.25, -0.2) is 4.99 Å². The third-order valence-corrected chi connectivity index (χ3v) is 3.60. The van der Waals surface area contributed by atoms with E-state index in [1.807, 2.05) is 0 Å². The Morgan fingerprint density at radius 1 is 1.50 bits per heavy atom. The van der Waals surface area contributed by atoms with Gasteiger partial charge in [-0.15, -0.1) is 0 Å². The van der Waals surface area contributed by atoms with Gasteiger partial charge < -0.3 is 4.74 Å². The van der Waals surface area contributed by atoms with Crippen molar-refractivity contribution in [1.82, 2.24) is 0 Å². The first-order valence-electron chi connectivity index (χ1n) is 4.37. The summed E-state index contributed by atoms with van der Waals surface area (Å²) in [5.74, 6) is 0.990. The van der Waals surface area contributed by atoms with Crippen LogP contribution in [0.2, 0.25) is 0 Å². The molecular weight excluding hydrogens is 218 g/mol. The molecule has 0 N–H and O–H groups in total. The largest absolute Gasteiger partial charge is 0.478 e. The lowest BCUT2D eigenvalue weighted by molar-refractivity contribution is 0.265. The van der Waals surface area contributed by atoms with E-state index < -0.39 is 0 Å². The molecule has 0 atom stereocenters. The molecule has 0 radical (unpaired) electrons. The van der Waals surface area contributed by atoms with E-state index in [0.29, 0.717) is 0 Å². The third kappa shape index (κ3) is 1.28. The average molecular weight is 232 g/mol. The molecular formula is C9H14BrNO. The van der Waals surface area contributed by atoms with Crippen molar-refractivity contribution in [3.63, 3.8) is 0 Å². The lowest BCUT2D eigenvalue weighted by atomic mass is 10.1. The molecule has 3 heteroatoms. The molecule has 0 aromatic carbocycles. The Balaban J connectivity index is 2.16.